The van der Waals surface area contributed by atoms with Gasteiger partial charge in [-0.25, -0.2) is 0 Å². The summed E-state index contributed by atoms with van der Waals surface area (Å²) in [5.41, 5.74) is 11.2. The maximum atomic E-state index is 12.2. The normalized spacial score (nSPS) is 20.9. The van der Waals surface area contributed by atoms with Crippen LogP contribution >= 0.6 is 0 Å². The van der Waals surface area contributed by atoms with E-state index in [2.05, 4.69) is 56.5 Å². The largest absolute Gasteiger partial charge is 0.352 e. The van der Waals surface area contributed by atoms with E-state index in [4.69, 9.17) is 5.73 Å². The number of nitrogens with zero attached hydrogens (tertiary/aromatic N) is 5. The third kappa shape index (κ3) is 6.60. The first-order valence-corrected chi connectivity index (χ1v) is 12.5. The molecule has 0 aromatic heterocycles. The Kier molecular flexibility index (Phi) is 10.1. The summed E-state index contributed by atoms with van der Waals surface area (Å²) in [5, 5.41) is 3.79. The van der Waals surface area contributed by atoms with Gasteiger partial charge in [-0.2, -0.15) is 0 Å². The fourth-order valence-corrected chi connectivity index (χ4v) is 4.91. The highest BCUT2D eigenvalue weighted by Crippen LogP contribution is 2.34. The topological polar surface area (TPSA) is 98.7 Å². The number of carbonyl (C=O) groups excluding carboxylic acids is 1. The Labute approximate surface area is 209 Å². The standard InChI is InChI=1S/C27H39N7O/c1-5-25(35)21-9-10-24(20(2)15-21)34-14-11-23(26(30-4)22(16-29-3)17-31-18-28)27(34)32-19-33-12-7-6-8-13-33/h9-10,15-17,27,32H,3-8,11-14,18-19,28H2,1-2H3/b22-16+,26-23-,31-17-. The Morgan fingerprint density at radius 2 is 2.00 bits per heavy atom. The highest BCUT2D eigenvalue weighted by atomic mass is 16.1. The number of nitrogens with one attached hydrogen (secondary N) is 1. The third-order valence-electron chi connectivity index (χ3n) is 6.67. The Balaban J connectivity index is 2.00. The van der Waals surface area contributed by atoms with E-state index in [1.165, 1.54) is 19.3 Å². The summed E-state index contributed by atoms with van der Waals surface area (Å²) in [6.45, 7) is 15.4. The van der Waals surface area contributed by atoms with Gasteiger partial charge in [-0.15, -0.1) is 0 Å². The fourth-order valence-electron chi connectivity index (χ4n) is 4.91. The van der Waals surface area contributed by atoms with Gasteiger partial charge in [-0.1, -0.05) is 13.3 Å². The number of ketones is 1. The maximum absolute atomic E-state index is 12.2. The number of piperidine rings is 1. The van der Waals surface area contributed by atoms with Crippen molar-refractivity contribution in [1.29, 1.82) is 0 Å². The van der Waals surface area contributed by atoms with E-state index in [0.29, 0.717) is 6.42 Å². The van der Waals surface area contributed by atoms with Gasteiger partial charge in [0.15, 0.2) is 5.78 Å². The number of Topliss-reactive ketones (excluding diaryl/α,β-unsaturated/α-hetero) is 1. The minimum absolute atomic E-state index is 0.0802. The molecule has 1 aromatic rings. The zero-order valence-corrected chi connectivity index (χ0v) is 21.2. The van der Waals surface area contributed by atoms with Gasteiger partial charge in [-0.3, -0.25) is 30.0 Å². The minimum Gasteiger partial charge on any atom is -0.352 e. The summed E-state index contributed by atoms with van der Waals surface area (Å²) < 4.78 is 0. The number of anilines is 1. The molecule has 2 heterocycles. The number of likely N-dealkylation sites (tertiary alicyclic amines) is 1. The molecule has 2 fully saturated rings. The molecule has 1 aromatic carbocycles. The Morgan fingerprint density at radius 1 is 1.23 bits per heavy atom. The Hall–Kier alpha value is -2.94. The summed E-state index contributed by atoms with van der Waals surface area (Å²) in [5.74, 6) is 0.158. The number of rotatable bonds is 11. The number of aryl methyl sites for hydroxylation is 1. The van der Waals surface area contributed by atoms with E-state index in [1.54, 1.807) is 12.4 Å². The van der Waals surface area contributed by atoms with E-state index in [0.717, 1.165) is 66.4 Å². The predicted octanol–water partition coefficient (Wildman–Crippen LogP) is 3.68. The SMILES string of the molecule is C=N/C=C(\C=N/CN)C(/N=C)=C1\CCN(c2ccc(C(=O)CC)cc2C)C1NCN1CCCCC1. The van der Waals surface area contributed by atoms with Crippen LogP contribution < -0.4 is 16.0 Å². The van der Waals surface area contributed by atoms with Gasteiger partial charge in [0.1, 0.15) is 6.17 Å². The fraction of sp³-hybridized carbons (Fsp3) is 0.481. The first kappa shape index (κ1) is 26.7. The second kappa shape index (κ2) is 13.2. The smallest absolute Gasteiger partial charge is 0.162 e. The predicted molar refractivity (Wildman–Crippen MR) is 147 cm³/mol. The zero-order valence-electron chi connectivity index (χ0n) is 21.2. The molecule has 3 N–H and O–H groups in total. The van der Waals surface area contributed by atoms with Gasteiger partial charge < -0.3 is 10.6 Å². The molecule has 8 heteroatoms. The molecule has 1 atom stereocenters. The van der Waals surface area contributed by atoms with Crippen molar-refractivity contribution in [2.24, 2.45) is 20.7 Å². The van der Waals surface area contributed by atoms with Crippen molar-refractivity contribution in [3.63, 3.8) is 0 Å². The van der Waals surface area contributed by atoms with Crippen LogP contribution in [0.4, 0.5) is 5.69 Å². The van der Waals surface area contributed by atoms with Gasteiger partial charge in [0, 0.05) is 48.9 Å². The molecule has 2 saturated heterocycles. The van der Waals surface area contributed by atoms with Crippen molar-refractivity contribution in [2.75, 3.05) is 37.9 Å². The lowest BCUT2D eigenvalue weighted by Gasteiger charge is -2.34. The molecule has 0 aliphatic carbocycles. The second-order valence-corrected chi connectivity index (χ2v) is 8.96. The van der Waals surface area contributed by atoms with Crippen molar-refractivity contribution in [2.45, 2.75) is 52.1 Å². The number of nitrogens with two attached hydrogens (primary N) is 1. The second-order valence-electron chi connectivity index (χ2n) is 8.96. The molecule has 0 spiro atoms. The Bertz CT molecular complexity index is 1000. The molecular weight excluding hydrogens is 438 g/mol. The van der Waals surface area contributed by atoms with E-state index < -0.39 is 0 Å². The molecule has 0 saturated carbocycles. The number of hydrogen-bond donors (Lipinski definition) is 2. The van der Waals surface area contributed by atoms with Crippen LogP contribution in [0, 0.1) is 6.92 Å². The molecule has 2 aliphatic rings. The molecule has 35 heavy (non-hydrogen) atoms. The van der Waals surface area contributed by atoms with Crippen LogP contribution in [-0.4, -0.2) is 69.5 Å². The lowest BCUT2D eigenvalue weighted by molar-refractivity contribution is 0.0988. The van der Waals surface area contributed by atoms with Crippen LogP contribution in [0.5, 0.6) is 0 Å². The molecular formula is C27H39N7O. The monoisotopic (exact) mass is 477 g/mol. The zero-order chi connectivity index (χ0) is 25.2. The third-order valence-corrected chi connectivity index (χ3v) is 6.67. The quantitative estimate of drug-likeness (QED) is 0.374. The van der Waals surface area contributed by atoms with E-state index in [9.17, 15) is 4.79 Å². The molecule has 2 aliphatic heterocycles. The Morgan fingerprint density at radius 3 is 2.63 bits per heavy atom. The van der Waals surface area contributed by atoms with E-state index in [1.807, 2.05) is 19.1 Å². The molecule has 188 valence electrons. The number of aliphatic imine (C=N–C) groups is 3. The summed E-state index contributed by atoms with van der Waals surface area (Å²) >= 11 is 0. The highest BCUT2D eigenvalue weighted by molar-refractivity contribution is 5.96. The summed E-state index contributed by atoms with van der Waals surface area (Å²) in [7, 11) is 0. The number of carbonyl (C=O) groups is 1. The lowest BCUT2D eigenvalue weighted by Crippen LogP contribution is -2.48. The van der Waals surface area contributed by atoms with E-state index in [-0.39, 0.29) is 18.6 Å². The van der Waals surface area contributed by atoms with Gasteiger partial charge in [0.2, 0.25) is 0 Å². The lowest BCUT2D eigenvalue weighted by atomic mass is 10.0. The first-order chi connectivity index (χ1) is 17.0. The maximum Gasteiger partial charge on any atom is 0.162 e. The summed E-state index contributed by atoms with van der Waals surface area (Å²) in [4.78, 5) is 29.6. The summed E-state index contributed by atoms with van der Waals surface area (Å²) in [6, 6.07) is 6.00. The van der Waals surface area contributed by atoms with Crippen molar-refractivity contribution in [1.82, 2.24) is 10.2 Å². The number of hydrogen-bond acceptors (Lipinski definition) is 8. The average molecular weight is 478 g/mol. The molecule has 1 unspecified atom stereocenters. The minimum atomic E-state index is -0.0802. The van der Waals surface area contributed by atoms with Crippen LogP contribution in [0.25, 0.3) is 0 Å². The van der Waals surface area contributed by atoms with Crippen LogP contribution in [-0.2, 0) is 0 Å². The van der Waals surface area contributed by atoms with Gasteiger partial charge >= 0.3 is 0 Å². The molecule has 0 amide bonds. The van der Waals surface area contributed by atoms with Crippen LogP contribution in [0.2, 0.25) is 0 Å². The number of benzene rings is 1. The van der Waals surface area contributed by atoms with E-state index >= 15 is 0 Å². The first-order valence-electron chi connectivity index (χ1n) is 12.5. The molecule has 0 bridgehead atoms. The summed E-state index contributed by atoms with van der Waals surface area (Å²) in [6.07, 6.45) is 8.33. The van der Waals surface area contributed by atoms with Gasteiger partial charge in [0.05, 0.1) is 12.4 Å². The average Bonchev–Trinajstić information content (AvgIpc) is 3.29. The van der Waals surface area contributed by atoms with Crippen LogP contribution in [0.3, 0.4) is 0 Å². The molecule has 3 rings (SSSR count). The van der Waals surface area contributed by atoms with Crippen molar-refractivity contribution in [3.8, 4) is 0 Å². The van der Waals surface area contributed by atoms with Gasteiger partial charge in [-0.05, 0) is 82.0 Å². The van der Waals surface area contributed by atoms with Crippen molar-refractivity contribution >= 4 is 31.1 Å². The van der Waals surface area contributed by atoms with Crippen molar-refractivity contribution in [3.05, 3.63) is 52.4 Å². The van der Waals surface area contributed by atoms with Gasteiger partial charge in [0.25, 0.3) is 0 Å². The van der Waals surface area contributed by atoms with Crippen molar-refractivity contribution < 1.29 is 4.79 Å². The molecule has 8 nitrogen and oxygen atoms in total. The number of allylic oxidation sites excluding steroid dienone is 1. The van der Waals surface area contributed by atoms with Crippen LogP contribution in [0.1, 0.15) is 54.9 Å². The van der Waals surface area contributed by atoms with Crippen LogP contribution in [0.15, 0.2) is 56.2 Å². The highest BCUT2D eigenvalue weighted by Gasteiger charge is 2.33. The molecule has 0 radical (unpaired) electrons.